The molecule has 20 heavy (non-hydrogen) atoms. The van der Waals surface area contributed by atoms with Gasteiger partial charge in [-0.05, 0) is 34.5 Å². The average Bonchev–Trinajstić information content (AvgIpc) is 3.08. The first-order valence-corrected chi connectivity index (χ1v) is 6.97. The van der Waals surface area contributed by atoms with Crippen LogP contribution in [0.3, 0.4) is 0 Å². The molecular weight excluding hydrogens is 326 g/mol. The zero-order chi connectivity index (χ0) is 14.1. The van der Waals surface area contributed by atoms with E-state index in [9.17, 15) is 9.90 Å². The Morgan fingerprint density at radius 1 is 1.50 bits per heavy atom. The number of hydrogen-bond donors (Lipinski definition) is 1. The molecule has 7 heteroatoms. The molecular formula is C13H12BrN3O3. The van der Waals surface area contributed by atoms with Gasteiger partial charge in [-0.1, -0.05) is 0 Å². The number of aromatic carboxylic acids is 1. The van der Waals surface area contributed by atoms with Crippen LogP contribution in [0.25, 0.3) is 5.82 Å². The number of carboxylic acid groups (broad SMARTS) is 1. The molecule has 1 atom stereocenters. The van der Waals surface area contributed by atoms with E-state index in [0.717, 1.165) is 10.9 Å². The molecule has 0 amide bonds. The predicted molar refractivity (Wildman–Crippen MR) is 74.2 cm³/mol. The fourth-order valence-electron chi connectivity index (χ4n) is 2.22. The van der Waals surface area contributed by atoms with E-state index in [4.69, 9.17) is 4.74 Å². The molecule has 1 saturated heterocycles. The summed E-state index contributed by atoms with van der Waals surface area (Å²) in [6.07, 6.45) is 3.95. The maximum absolute atomic E-state index is 11.4. The molecule has 104 valence electrons. The van der Waals surface area contributed by atoms with E-state index in [2.05, 4.69) is 26.0 Å². The van der Waals surface area contributed by atoms with Crippen LogP contribution in [0.1, 0.15) is 28.4 Å². The number of carboxylic acids is 1. The zero-order valence-corrected chi connectivity index (χ0v) is 12.1. The fraction of sp³-hybridized carbons (Fsp3) is 0.308. The lowest BCUT2D eigenvalue weighted by atomic mass is 10.0. The summed E-state index contributed by atoms with van der Waals surface area (Å²) in [7, 11) is 0. The van der Waals surface area contributed by atoms with Crippen molar-refractivity contribution in [3.8, 4) is 5.82 Å². The van der Waals surface area contributed by atoms with Gasteiger partial charge in [0.15, 0.2) is 5.82 Å². The minimum absolute atomic E-state index is 0.0396. The second-order valence-electron chi connectivity index (χ2n) is 4.57. The molecule has 3 heterocycles. The number of pyridine rings is 1. The molecule has 6 nitrogen and oxygen atoms in total. The highest BCUT2D eigenvalue weighted by Crippen LogP contribution is 2.27. The highest BCUT2D eigenvalue weighted by molar-refractivity contribution is 9.10. The smallest absolute Gasteiger partial charge is 0.339 e. The number of carbonyl (C=O) groups is 1. The first kappa shape index (κ1) is 13.3. The third kappa shape index (κ3) is 2.46. The summed E-state index contributed by atoms with van der Waals surface area (Å²) in [5.41, 5.74) is 0.782. The van der Waals surface area contributed by atoms with Crippen molar-refractivity contribution in [2.24, 2.45) is 0 Å². The Hall–Kier alpha value is -1.73. The lowest BCUT2D eigenvalue weighted by Gasteiger charge is -2.04. The van der Waals surface area contributed by atoms with Crippen molar-refractivity contribution in [1.29, 1.82) is 0 Å². The number of aromatic nitrogens is 3. The Morgan fingerprint density at radius 2 is 2.35 bits per heavy atom. The summed E-state index contributed by atoms with van der Waals surface area (Å²) >= 11 is 3.31. The molecule has 0 spiro atoms. The third-order valence-electron chi connectivity index (χ3n) is 3.24. The van der Waals surface area contributed by atoms with Crippen LogP contribution < -0.4 is 0 Å². The number of ether oxygens (including phenoxy) is 1. The molecule has 0 aromatic carbocycles. The van der Waals surface area contributed by atoms with E-state index in [-0.39, 0.29) is 11.5 Å². The van der Waals surface area contributed by atoms with Crippen LogP contribution >= 0.6 is 15.9 Å². The van der Waals surface area contributed by atoms with Gasteiger partial charge in [-0.2, -0.15) is 5.10 Å². The van der Waals surface area contributed by atoms with Gasteiger partial charge in [0.05, 0.1) is 12.3 Å². The molecule has 1 fully saturated rings. The molecule has 1 aliphatic rings. The molecule has 0 aliphatic carbocycles. The monoisotopic (exact) mass is 337 g/mol. The molecule has 1 aliphatic heterocycles. The number of rotatable bonds is 3. The normalized spacial score (nSPS) is 18.4. The highest BCUT2D eigenvalue weighted by atomic mass is 79.9. The summed E-state index contributed by atoms with van der Waals surface area (Å²) in [5.74, 6) is -0.353. The molecule has 0 saturated carbocycles. The van der Waals surface area contributed by atoms with Crippen molar-refractivity contribution in [1.82, 2.24) is 14.8 Å². The quantitative estimate of drug-likeness (QED) is 0.929. The van der Waals surface area contributed by atoms with Crippen LogP contribution in [0, 0.1) is 0 Å². The van der Waals surface area contributed by atoms with E-state index in [1.54, 1.807) is 12.3 Å². The molecule has 0 radical (unpaired) electrons. The second kappa shape index (κ2) is 5.34. The Balaban J connectivity index is 2.02. The van der Waals surface area contributed by atoms with Crippen LogP contribution in [-0.2, 0) is 4.74 Å². The van der Waals surface area contributed by atoms with Crippen LogP contribution in [-0.4, -0.2) is 39.1 Å². The maximum atomic E-state index is 11.4. The highest BCUT2D eigenvalue weighted by Gasteiger charge is 2.27. The maximum Gasteiger partial charge on any atom is 0.339 e. The Labute approximate surface area is 123 Å². The van der Waals surface area contributed by atoms with Crippen molar-refractivity contribution in [2.75, 3.05) is 13.2 Å². The van der Waals surface area contributed by atoms with Crippen LogP contribution in [0.4, 0.5) is 0 Å². The standard InChI is InChI=1S/C13H12BrN3O3/c14-9-1-2-11(15-5-9)17-6-10(13(18)19)12(16-17)8-3-4-20-7-8/h1-2,5-6,8H,3-4,7H2,(H,18,19). The van der Waals surface area contributed by atoms with Crippen molar-refractivity contribution < 1.29 is 14.6 Å². The van der Waals surface area contributed by atoms with Gasteiger partial charge in [0.2, 0.25) is 0 Å². The van der Waals surface area contributed by atoms with E-state index < -0.39 is 5.97 Å². The Morgan fingerprint density at radius 3 is 2.95 bits per heavy atom. The van der Waals surface area contributed by atoms with Crippen LogP contribution in [0.15, 0.2) is 29.0 Å². The van der Waals surface area contributed by atoms with Gasteiger partial charge in [0, 0.05) is 29.4 Å². The summed E-state index contributed by atoms with van der Waals surface area (Å²) in [5, 5.41) is 13.7. The summed E-state index contributed by atoms with van der Waals surface area (Å²) in [4.78, 5) is 15.6. The number of hydrogen-bond acceptors (Lipinski definition) is 4. The minimum atomic E-state index is -0.977. The minimum Gasteiger partial charge on any atom is -0.478 e. The molecule has 3 rings (SSSR count). The lowest BCUT2D eigenvalue weighted by Crippen LogP contribution is -2.06. The molecule has 1 N–H and O–H groups in total. The number of nitrogens with zero attached hydrogens (tertiary/aromatic N) is 3. The fourth-order valence-corrected chi connectivity index (χ4v) is 2.46. The van der Waals surface area contributed by atoms with Crippen molar-refractivity contribution in [3.63, 3.8) is 0 Å². The van der Waals surface area contributed by atoms with E-state index in [1.807, 2.05) is 6.07 Å². The Kier molecular flexibility index (Phi) is 3.54. The van der Waals surface area contributed by atoms with Gasteiger partial charge >= 0.3 is 5.97 Å². The topological polar surface area (TPSA) is 77.2 Å². The van der Waals surface area contributed by atoms with Gasteiger partial charge in [-0.25, -0.2) is 14.5 Å². The summed E-state index contributed by atoms with van der Waals surface area (Å²) in [6, 6.07) is 3.61. The van der Waals surface area contributed by atoms with Crippen LogP contribution in [0.2, 0.25) is 0 Å². The SMILES string of the molecule is O=C(O)c1cn(-c2ccc(Br)cn2)nc1C1CCOC1. The van der Waals surface area contributed by atoms with Crippen molar-refractivity contribution in [3.05, 3.63) is 40.3 Å². The van der Waals surface area contributed by atoms with E-state index in [0.29, 0.717) is 24.7 Å². The molecule has 0 bridgehead atoms. The van der Waals surface area contributed by atoms with Crippen molar-refractivity contribution >= 4 is 21.9 Å². The predicted octanol–water partition coefficient (Wildman–Crippen LogP) is 2.23. The zero-order valence-electron chi connectivity index (χ0n) is 10.5. The Bertz CT molecular complexity index is 633. The van der Waals surface area contributed by atoms with E-state index in [1.165, 1.54) is 10.9 Å². The van der Waals surface area contributed by atoms with E-state index >= 15 is 0 Å². The van der Waals surface area contributed by atoms with Gasteiger partial charge in [-0.3, -0.25) is 0 Å². The first-order chi connectivity index (χ1) is 9.65. The molecule has 2 aromatic rings. The largest absolute Gasteiger partial charge is 0.478 e. The van der Waals surface area contributed by atoms with Gasteiger partial charge < -0.3 is 9.84 Å². The van der Waals surface area contributed by atoms with Crippen LogP contribution in [0.5, 0.6) is 0 Å². The van der Waals surface area contributed by atoms with Gasteiger partial charge in [0.25, 0.3) is 0 Å². The lowest BCUT2D eigenvalue weighted by molar-refractivity contribution is 0.0695. The third-order valence-corrected chi connectivity index (χ3v) is 3.71. The summed E-state index contributed by atoms with van der Waals surface area (Å²) < 4.78 is 7.67. The molecule has 1 unspecified atom stereocenters. The molecule has 2 aromatic heterocycles. The van der Waals surface area contributed by atoms with Crippen molar-refractivity contribution in [2.45, 2.75) is 12.3 Å². The van der Waals surface area contributed by atoms with Gasteiger partial charge in [0.1, 0.15) is 5.56 Å². The first-order valence-electron chi connectivity index (χ1n) is 6.17. The summed E-state index contributed by atoms with van der Waals surface area (Å²) in [6.45, 7) is 1.16. The second-order valence-corrected chi connectivity index (χ2v) is 5.49. The number of halogens is 1. The van der Waals surface area contributed by atoms with Gasteiger partial charge in [-0.15, -0.1) is 0 Å². The average molecular weight is 338 g/mol.